The summed E-state index contributed by atoms with van der Waals surface area (Å²) in [6.45, 7) is -0.00976. The van der Waals surface area contributed by atoms with Crippen LogP contribution in [0.5, 0.6) is 0 Å². The SMILES string of the molecule is O=C(OCc1nc2ccccc2o1)c1cccc2ncccc12. The minimum absolute atomic E-state index is 0.00976. The van der Waals surface area contributed by atoms with E-state index in [0.29, 0.717) is 17.0 Å². The van der Waals surface area contributed by atoms with E-state index in [1.165, 1.54) is 0 Å². The molecule has 0 N–H and O–H groups in total. The standard InChI is InChI=1S/C18H12N2O3/c21-18(13-5-3-8-14-12(13)6-4-10-19-14)22-11-17-20-15-7-1-2-9-16(15)23-17/h1-10H,11H2. The van der Waals surface area contributed by atoms with Crippen molar-refractivity contribution in [3.8, 4) is 0 Å². The molecule has 2 aromatic carbocycles. The predicted octanol–water partition coefficient (Wildman–Crippen LogP) is 3.73. The molecular formula is C18H12N2O3. The van der Waals surface area contributed by atoms with Crippen molar-refractivity contribution in [3.63, 3.8) is 0 Å². The number of esters is 1. The Morgan fingerprint density at radius 2 is 1.87 bits per heavy atom. The van der Waals surface area contributed by atoms with E-state index in [4.69, 9.17) is 9.15 Å². The van der Waals surface area contributed by atoms with Gasteiger partial charge in [-0.25, -0.2) is 9.78 Å². The number of pyridine rings is 1. The van der Waals surface area contributed by atoms with Crippen molar-refractivity contribution < 1.29 is 13.9 Å². The maximum atomic E-state index is 12.3. The van der Waals surface area contributed by atoms with Gasteiger partial charge in [-0.05, 0) is 30.3 Å². The van der Waals surface area contributed by atoms with E-state index in [9.17, 15) is 4.79 Å². The van der Waals surface area contributed by atoms with E-state index in [2.05, 4.69) is 9.97 Å². The zero-order valence-corrected chi connectivity index (χ0v) is 12.1. The van der Waals surface area contributed by atoms with E-state index in [0.717, 1.165) is 16.4 Å². The van der Waals surface area contributed by atoms with Gasteiger partial charge in [0.05, 0.1) is 11.1 Å². The summed E-state index contributed by atoms with van der Waals surface area (Å²) in [6.07, 6.45) is 1.69. The van der Waals surface area contributed by atoms with Gasteiger partial charge in [0, 0.05) is 11.6 Å². The molecule has 0 radical (unpaired) electrons. The molecule has 2 heterocycles. The fourth-order valence-corrected chi connectivity index (χ4v) is 2.47. The number of para-hydroxylation sites is 2. The molecule has 0 unspecified atom stereocenters. The molecule has 2 aromatic heterocycles. The van der Waals surface area contributed by atoms with E-state index in [-0.39, 0.29) is 6.61 Å². The molecule has 0 spiro atoms. The second kappa shape index (κ2) is 5.53. The summed E-state index contributed by atoms with van der Waals surface area (Å²) in [5.74, 6) is -0.0521. The molecule has 0 fully saturated rings. The van der Waals surface area contributed by atoms with Crippen LogP contribution in [0.15, 0.2) is 65.2 Å². The third kappa shape index (κ3) is 2.53. The molecule has 0 bridgehead atoms. The van der Waals surface area contributed by atoms with Gasteiger partial charge in [0.2, 0.25) is 5.89 Å². The number of benzene rings is 2. The van der Waals surface area contributed by atoms with Crippen LogP contribution >= 0.6 is 0 Å². The number of fused-ring (bicyclic) bond motifs is 2. The molecule has 0 aliphatic rings. The highest BCUT2D eigenvalue weighted by Crippen LogP contribution is 2.19. The van der Waals surface area contributed by atoms with Crippen molar-refractivity contribution >= 4 is 28.0 Å². The third-order valence-electron chi connectivity index (χ3n) is 3.53. The summed E-state index contributed by atoms with van der Waals surface area (Å²) in [7, 11) is 0. The van der Waals surface area contributed by atoms with Crippen LogP contribution in [-0.4, -0.2) is 15.9 Å². The Hall–Kier alpha value is -3.21. The quantitative estimate of drug-likeness (QED) is 0.539. The van der Waals surface area contributed by atoms with Gasteiger partial charge in [-0.2, -0.15) is 0 Å². The van der Waals surface area contributed by atoms with Crippen LogP contribution in [0, 0.1) is 0 Å². The zero-order chi connectivity index (χ0) is 15.6. The molecule has 23 heavy (non-hydrogen) atoms. The Morgan fingerprint density at radius 1 is 1.00 bits per heavy atom. The molecule has 4 aromatic rings. The van der Waals surface area contributed by atoms with E-state index in [1.807, 2.05) is 36.4 Å². The summed E-state index contributed by atoms with van der Waals surface area (Å²) in [5, 5.41) is 0.762. The fraction of sp³-hybridized carbons (Fsp3) is 0.0556. The molecule has 0 aliphatic carbocycles. The molecule has 0 saturated heterocycles. The fourth-order valence-electron chi connectivity index (χ4n) is 2.47. The van der Waals surface area contributed by atoms with Crippen LogP contribution in [0.4, 0.5) is 0 Å². The Labute approximate surface area is 131 Å². The van der Waals surface area contributed by atoms with Crippen LogP contribution in [0.1, 0.15) is 16.2 Å². The molecule has 0 atom stereocenters. The Bertz CT molecular complexity index is 969. The Balaban J connectivity index is 1.57. The summed E-state index contributed by atoms with van der Waals surface area (Å²) < 4.78 is 10.9. The molecule has 4 rings (SSSR count). The van der Waals surface area contributed by atoms with Gasteiger partial charge >= 0.3 is 5.97 Å². The first-order valence-corrected chi connectivity index (χ1v) is 7.16. The molecule has 0 aliphatic heterocycles. The van der Waals surface area contributed by atoms with Crippen molar-refractivity contribution in [1.29, 1.82) is 0 Å². The highest BCUT2D eigenvalue weighted by molar-refractivity contribution is 6.03. The average Bonchev–Trinajstić information content (AvgIpc) is 3.02. The predicted molar refractivity (Wildman–Crippen MR) is 84.9 cm³/mol. The number of hydrogen-bond acceptors (Lipinski definition) is 5. The van der Waals surface area contributed by atoms with E-state index in [1.54, 1.807) is 24.4 Å². The van der Waals surface area contributed by atoms with Crippen molar-refractivity contribution in [2.75, 3.05) is 0 Å². The largest absolute Gasteiger partial charge is 0.452 e. The Morgan fingerprint density at radius 3 is 2.78 bits per heavy atom. The molecule has 112 valence electrons. The molecule has 5 nitrogen and oxygen atoms in total. The van der Waals surface area contributed by atoms with E-state index >= 15 is 0 Å². The monoisotopic (exact) mass is 304 g/mol. The molecule has 0 amide bonds. The maximum Gasteiger partial charge on any atom is 0.339 e. The van der Waals surface area contributed by atoms with Gasteiger partial charge < -0.3 is 9.15 Å². The number of hydrogen-bond donors (Lipinski definition) is 0. The lowest BCUT2D eigenvalue weighted by atomic mass is 10.1. The van der Waals surface area contributed by atoms with Crippen molar-refractivity contribution in [2.45, 2.75) is 6.61 Å². The van der Waals surface area contributed by atoms with Crippen LogP contribution in [0.2, 0.25) is 0 Å². The summed E-state index contributed by atoms with van der Waals surface area (Å²) in [6, 6.07) is 16.4. The van der Waals surface area contributed by atoms with Gasteiger partial charge in [-0.15, -0.1) is 0 Å². The second-order valence-corrected chi connectivity index (χ2v) is 5.03. The van der Waals surface area contributed by atoms with E-state index < -0.39 is 5.97 Å². The number of nitrogens with zero attached hydrogens (tertiary/aromatic N) is 2. The van der Waals surface area contributed by atoms with Gasteiger partial charge in [0.15, 0.2) is 12.2 Å². The van der Waals surface area contributed by atoms with Gasteiger partial charge in [-0.3, -0.25) is 4.98 Å². The third-order valence-corrected chi connectivity index (χ3v) is 3.53. The smallest absolute Gasteiger partial charge is 0.339 e. The topological polar surface area (TPSA) is 65.2 Å². The van der Waals surface area contributed by atoms with Crippen molar-refractivity contribution in [2.24, 2.45) is 0 Å². The van der Waals surface area contributed by atoms with Crippen LogP contribution in [0.3, 0.4) is 0 Å². The van der Waals surface area contributed by atoms with Gasteiger partial charge in [0.1, 0.15) is 5.52 Å². The highest BCUT2D eigenvalue weighted by atomic mass is 16.5. The van der Waals surface area contributed by atoms with Crippen LogP contribution in [-0.2, 0) is 11.3 Å². The summed E-state index contributed by atoms with van der Waals surface area (Å²) in [5.41, 5.74) is 2.65. The lowest BCUT2D eigenvalue weighted by Gasteiger charge is -2.05. The van der Waals surface area contributed by atoms with Gasteiger partial charge in [-0.1, -0.05) is 24.3 Å². The number of rotatable bonds is 3. The summed E-state index contributed by atoms with van der Waals surface area (Å²) in [4.78, 5) is 20.8. The number of ether oxygens (including phenoxy) is 1. The summed E-state index contributed by atoms with van der Waals surface area (Å²) >= 11 is 0. The molecular weight excluding hydrogens is 292 g/mol. The van der Waals surface area contributed by atoms with Gasteiger partial charge in [0.25, 0.3) is 0 Å². The molecule has 5 heteroatoms. The minimum Gasteiger partial charge on any atom is -0.452 e. The number of aromatic nitrogens is 2. The first-order valence-electron chi connectivity index (χ1n) is 7.16. The maximum absolute atomic E-state index is 12.3. The normalized spacial score (nSPS) is 11.0. The minimum atomic E-state index is -0.425. The number of carbonyl (C=O) groups excluding carboxylic acids is 1. The Kier molecular flexibility index (Phi) is 3.24. The van der Waals surface area contributed by atoms with Crippen LogP contribution in [0.25, 0.3) is 22.0 Å². The lowest BCUT2D eigenvalue weighted by Crippen LogP contribution is -2.06. The zero-order valence-electron chi connectivity index (χ0n) is 12.1. The first kappa shape index (κ1) is 13.5. The van der Waals surface area contributed by atoms with Crippen LogP contribution < -0.4 is 0 Å². The highest BCUT2D eigenvalue weighted by Gasteiger charge is 2.13. The van der Waals surface area contributed by atoms with Crippen molar-refractivity contribution in [3.05, 3.63) is 72.2 Å². The second-order valence-electron chi connectivity index (χ2n) is 5.03. The first-order chi connectivity index (χ1) is 11.3. The number of oxazole rings is 1. The molecule has 0 saturated carbocycles. The average molecular weight is 304 g/mol. The lowest BCUT2D eigenvalue weighted by molar-refractivity contribution is 0.0442. The number of carbonyl (C=O) groups is 1. The van der Waals surface area contributed by atoms with Crippen molar-refractivity contribution in [1.82, 2.24) is 9.97 Å².